The van der Waals surface area contributed by atoms with Crippen molar-refractivity contribution in [2.45, 2.75) is 4.90 Å². The number of nitrogens with zero attached hydrogens (tertiary/aromatic N) is 6. The first-order chi connectivity index (χ1) is 12.0. The molecule has 0 fully saturated rings. The summed E-state index contributed by atoms with van der Waals surface area (Å²) in [6, 6.07) is 7.76. The smallest absolute Gasteiger partial charge is 0.283 e. The predicted octanol–water partition coefficient (Wildman–Crippen LogP) is 1.47. The molecule has 0 aliphatic rings. The Labute approximate surface area is 144 Å². The first kappa shape index (κ1) is 16.7. The fraction of sp³-hybridized carbons (Fsp3) is 0.133. The number of hydrogen-bond acceptors (Lipinski definition) is 7. The number of sulfonamides is 1. The lowest BCUT2D eigenvalue weighted by Crippen LogP contribution is -2.10. The van der Waals surface area contributed by atoms with Crippen molar-refractivity contribution in [2.75, 3.05) is 14.1 Å². The van der Waals surface area contributed by atoms with E-state index in [9.17, 15) is 8.42 Å². The summed E-state index contributed by atoms with van der Waals surface area (Å²) < 4.78 is 33.0. The molecule has 0 N–H and O–H groups in total. The third-order valence-corrected chi connectivity index (χ3v) is 4.32. The molecule has 2 aromatic heterocycles. The minimum Gasteiger partial charge on any atom is -0.368 e. The Bertz CT molecular complexity index is 982. The Balaban J connectivity index is 1.85. The second-order valence-corrected chi connectivity index (χ2v) is 6.87. The zero-order chi connectivity index (χ0) is 17.9. The SMILES string of the molecule is CN(C)/C=N/S(=O)(=O)c1ccc(-c2nc(-c3ccnnc3)no2)cc1. The molecule has 9 nitrogen and oxygen atoms in total. The van der Waals surface area contributed by atoms with Gasteiger partial charge < -0.3 is 9.42 Å². The van der Waals surface area contributed by atoms with Crippen molar-refractivity contribution in [1.82, 2.24) is 25.2 Å². The lowest BCUT2D eigenvalue weighted by Gasteiger charge is -2.03. The molecule has 0 saturated carbocycles. The molecule has 0 aliphatic heterocycles. The maximum atomic E-state index is 12.1. The van der Waals surface area contributed by atoms with Crippen LogP contribution in [0, 0.1) is 0 Å². The van der Waals surface area contributed by atoms with Gasteiger partial charge in [-0.1, -0.05) is 5.16 Å². The highest BCUT2D eigenvalue weighted by Gasteiger charge is 2.15. The Morgan fingerprint density at radius 2 is 1.84 bits per heavy atom. The first-order valence-electron chi connectivity index (χ1n) is 7.14. The highest BCUT2D eigenvalue weighted by molar-refractivity contribution is 7.90. The summed E-state index contributed by atoms with van der Waals surface area (Å²) in [4.78, 5) is 5.89. The normalized spacial score (nSPS) is 11.8. The van der Waals surface area contributed by atoms with Crippen LogP contribution in [0.15, 0.2) is 56.5 Å². The van der Waals surface area contributed by atoms with E-state index >= 15 is 0 Å². The average Bonchev–Trinajstić information content (AvgIpc) is 3.11. The topological polar surface area (TPSA) is 114 Å². The second kappa shape index (κ2) is 6.77. The van der Waals surface area contributed by atoms with Crippen molar-refractivity contribution in [3.63, 3.8) is 0 Å². The van der Waals surface area contributed by atoms with E-state index in [-0.39, 0.29) is 10.8 Å². The van der Waals surface area contributed by atoms with E-state index in [0.717, 1.165) is 0 Å². The number of benzene rings is 1. The lowest BCUT2D eigenvalue weighted by atomic mass is 10.2. The van der Waals surface area contributed by atoms with Crippen LogP contribution >= 0.6 is 0 Å². The van der Waals surface area contributed by atoms with Crippen molar-refractivity contribution >= 4 is 16.4 Å². The van der Waals surface area contributed by atoms with E-state index in [4.69, 9.17) is 4.52 Å². The summed E-state index contributed by atoms with van der Waals surface area (Å²) >= 11 is 0. The lowest BCUT2D eigenvalue weighted by molar-refractivity contribution is 0.432. The van der Waals surface area contributed by atoms with Crippen LogP contribution in [0.3, 0.4) is 0 Å². The minimum atomic E-state index is -3.75. The van der Waals surface area contributed by atoms with Crippen LogP contribution in [-0.2, 0) is 10.0 Å². The summed E-state index contributed by atoms with van der Waals surface area (Å²) in [5.74, 6) is 0.643. The second-order valence-electron chi connectivity index (χ2n) is 5.24. The highest BCUT2D eigenvalue weighted by atomic mass is 32.2. The van der Waals surface area contributed by atoms with E-state index in [0.29, 0.717) is 17.0 Å². The monoisotopic (exact) mass is 358 g/mol. The van der Waals surface area contributed by atoms with Crippen molar-refractivity contribution in [3.05, 3.63) is 42.7 Å². The van der Waals surface area contributed by atoms with Gasteiger partial charge in [0.15, 0.2) is 0 Å². The minimum absolute atomic E-state index is 0.0763. The molecular formula is C15H14N6O3S. The van der Waals surface area contributed by atoms with Crippen molar-refractivity contribution in [2.24, 2.45) is 4.40 Å². The summed E-state index contributed by atoms with van der Waals surface area (Å²) in [5, 5.41) is 11.3. The Morgan fingerprint density at radius 1 is 1.08 bits per heavy atom. The molecule has 0 atom stereocenters. The molecule has 0 unspecified atom stereocenters. The van der Waals surface area contributed by atoms with E-state index in [1.165, 1.54) is 30.9 Å². The maximum Gasteiger partial charge on any atom is 0.283 e. The van der Waals surface area contributed by atoms with Gasteiger partial charge in [-0.2, -0.15) is 23.6 Å². The Morgan fingerprint density at radius 3 is 2.48 bits per heavy atom. The third-order valence-electron chi connectivity index (χ3n) is 3.08. The molecule has 3 rings (SSSR count). The fourth-order valence-electron chi connectivity index (χ4n) is 1.87. The predicted molar refractivity (Wildman–Crippen MR) is 90.1 cm³/mol. The van der Waals surface area contributed by atoms with Crippen LogP contribution in [0.4, 0.5) is 0 Å². The number of rotatable bonds is 5. The van der Waals surface area contributed by atoms with Gasteiger partial charge in [0.2, 0.25) is 5.82 Å². The van der Waals surface area contributed by atoms with E-state index < -0.39 is 10.0 Å². The van der Waals surface area contributed by atoms with Gasteiger partial charge in [-0.25, -0.2) is 0 Å². The Hall–Kier alpha value is -3.14. The molecule has 0 spiro atoms. The first-order valence-corrected chi connectivity index (χ1v) is 8.58. The summed E-state index contributed by atoms with van der Waals surface area (Å²) in [6.07, 6.45) is 4.28. The molecule has 0 amide bonds. The summed E-state index contributed by atoms with van der Waals surface area (Å²) in [6.45, 7) is 0. The quantitative estimate of drug-likeness (QED) is 0.497. The molecule has 2 heterocycles. The zero-order valence-electron chi connectivity index (χ0n) is 13.4. The molecular weight excluding hydrogens is 344 g/mol. The maximum absolute atomic E-state index is 12.1. The van der Waals surface area contributed by atoms with Gasteiger partial charge in [-0.05, 0) is 30.3 Å². The van der Waals surface area contributed by atoms with Crippen LogP contribution in [0.2, 0.25) is 0 Å². The van der Waals surface area contributed by atoms with E-state index in [2.05, 4.69) is 24.7 Å². The molecule has 0 bridgehead atoms. The van der Waals surface area contributed by atoms with Crippen LogP contribution in [0.5, 0.6) is 0 Å². The Kier molecular flexibility index (Phi) is 4.52. The third kappa shape index (κ3) is 3.86. The van der Waals surface area contributed by atoms with Gasteiger partial charge in [0, 0.05) is 25.2 Å². The van der Waals surface area contributed by atoms with E-state index in [1.807, 2.05) is 0 Å². The van der Waals surface area contributed by atoms with Crippen molar-refractivity contribution in [1.29, 1.82) is 0 Å². The van der Waals surface area contributed by atoms with Crippen LogP contribution in [0.1, 0.15) is 0 Å². The van der Waals surface area contributed by atoms with Crippen LogP contribution in [0.25, 0.3) is 22.8 Å². The molecule has 0 saturated heterocycles. The molecule has 10 heteroatoms. The molecule has 0 aliphatic carbocycles. The van der Waals surface area contributed by atoms with Crippen molar-refractivity contribution < 1.29 is 12.9 Å². The molecule has 0 radical (unpaired) electrons. The van der Waals surface area contributed by atoms with Crippen LogP contribution < -0.4 is 0 Å². The molecule has 25 heavy (non-hydrogen) atoms. The van der Waals surface area contributed by atoms with Crippen LogP contribution in [-0.4, -0.2) is 54.1 Å². The molecule has 128 valence electrons. The summed E-state index contributed by atoms with van der Waals surface area (Å²) in [7, 11) is -0.370. The molecule has 3 aromatic rings. The van der Waals surface area contributed by atoms with Gasteiger partial charge in [-0.15, -0.1) is 4.40 Å². The summed E-state index contributed by atoms with van der Waals surface area (Å²) in [5.41, 5.74) is 1.26. The van der Waals surface area contributed by atoms with Gasteiger partial charge in [-0.3, -0.25) is 0 Å². The average molecular weight is 358 g/mol. The largest absolute Gasteiger partial charge is 0.368 e. The van der Waals surface area contributed by atoms with Crippen molar-refractivity contribution in [3.8, 4) is 22.8 Å². The van der Waals surface area contributed by atoms with Gasteiger partial charge >= 0.3 is 0 Å². The van der Waals surface area contributed by atoms with Gasteiger partial charge in [0.05, 0.1) is 17.3 Å². The van der Waals surface area contributed by atoms with Gasteiger partial charge in [0.25, 0.3) is 15.9 Å². The van der Waals surface area contributed by atoms with E-state index in [1.54, 1.807) is 37.2 Å². The molecule has 1 aromatic carbocycles. The fourth-order valence-corrected chi connectivity index (χ4v) is 2.78. The number of aromatic nitrogens is 4. The zero-order valence-corrected chi connectivity index (χ0v) is 14.3. The highest BCUT2D eigenvalue weighted by Crippen LogP contribution is 2.23. The van der Waals surface area contributed by atoms with Gasteiger partial charge in [0.1, 0.15) is 6.34 Å². The number of hydrogen-bond donors (Lipinski definition) is 0. The standard InChI is InChI=1S/C15H14N6O3S/c1-21(2)10-18-25(22,23)13-5-3-11(4-6-13)15-19-14(20-24-15)12-7-8-16-17-9-12/h3-10H,1-2H3/b18-10+.